The van der Waals surface area contributed by atoms with E-state index in [4.69, 9.17) is 5.21 Å². The van der Waals surface area contributed by atoms with Crippen molar-refractivity contribution >= 4 is 11.2 Å². The van der Waals surface area contributed by atoms with Crippen LogP contribution >= 0.6 is 0 Å². The first-order chi connectivity index (χ1) is 5.29. The highest BCUT2D eigenvalue weighted by atomic mass is 16.5. The van der Waals surface area contributed by atoms with Crippen molar-refractivity contribution in [1.29, 1.82) is 0 Å². The molecule has 0 spiro atoms. The molecule has 0 saturated heterocycles. The van der Waals surface area contributed by atoms with Gasteiger partial charge in [0, 0.05) is 6.20 Å². The van der Waals surface area contributed by atoms with E-state index in [9.17, 15) is 0 Å². The molecule has 0 unspecified atom stereocenters. The normalized spacial score (nSPS) is 10.6. The lowest BCUT2D eigenvalue weighted by Gasteiger charge is -1.90. The van der Waals surface area contributed by atoms with E-state index in [1.807, 2.05) is 13.0 Å². The van der Waals surface area contributed by atoms with Gasteiger partial charge in [-0.05, 0) is 23.8 Å². The van der Waals surface area contributed by atoms with Crippen LogP contribution in [0.25, 0.3) is 11.2 Å². The van der Waals surface area contributed by atoms with Crippen LogP contribution in [0.4, 0.5) is 0 Å². The van der Waals surface area contributed by atoms with E-state index in [2.05, 4.69) is 15.3 Å². The van der Waals surface area contributed by atoms with Crippen LogP contribution < -0.4 is 0 Å². The van der Waals surface area contributed by atoms with E-state index < -0.39 is 0 Å². The summed E-state index contributed by atoms with van der Waals surface area (Å²) in [7, 11) is 0. The molecular formula is C6H6N4O. The molecule has 1 N–H and O–H groups in total. The minimum Gasteiger partial charge on any atom is -0.409 e. The van der Waals surface area contributed by atoms with Crippen LogP contribution in [-0.4, -0.2) is 25.3 Å². The summed E-state index contributed by atoms with van der Waals surface area (Å²) in [6, 6.07) is 1.82. The maximum absolute atomic E-state index is 9.02. The maximum Gasteiger partial charge on any atom is 0.219 e. The summed E-state index contributed by atoms with van der Waals surface area (Å²) < 4.78 is 0. The summed E-state index contributed by atoms with van der Waals surface area (Å²) in [5.41, 5.74) is 1.98. The highest BCUT2D eigenvalue weighted by molar-refractivity contribution is 5.72. The number of aryl methyl sites for hydroxylation is 1. The lowest BCUT2D eigenvalue weighted by atomic mass is 10.3. The smallest absolute Gasteiger partial charge is 0.219 e. The van der Waals surface area contributed by atoms with Crippen molar-refractivity contribution in [3.8, 4) is 0 Å². The van der Waals surface area contributed by atoms with Crippen molar-refractivity contribution in [2.24, 2.45) is 0 Å². The standard InChI is InChI=1S/C6H6N4O/c1-4-2-3-7-6-5(4)8-9-10(6)11/h2-3,11H,1H3. The van der Waals surface area contributed by atoms with Crippen LogP contribution in [-0.2, 0) is 0 Å². The molecule has 0 amide bonds. The number of nitrogens with zero attached hydrogens (tertiary/aromatic N) is 4. The Morgan fingerprint density at radius 2 is 2.36 bits per heavy atom. The predicted octanol–water partition coefficient (Wildman–Crippen LogP) is 0.372. The summed E-state index contributed by atoms with van der Waals surface area (Å²) in [5.74, 6) is 0. The molecule has 5 nitrogen and oxygen atoms in total. The summed E-state index contributed by atoms with van der Waals surface area (Å²) >= 11 is 0. The zero-order valence-corrected chi connectivity index (χ0v) is 5.89. The van der Waals surface area contributed by atoms with Crippen molar-refractivity contribution in [3.05, 3.63) is 17.8 Å². The Hall–Kier alpha value is -1.65. The van der Waals surface area contributed by atoms with Crippen molar-refractivity contribution < 1.29 is 5.21 Å². The van der Waals surface area contributed by atoms with E-state index in [-0.39, 0.29) is 0 Å². The predicted molar refractivity (Wildman–Crippen MR) is 37.2 cm³/mol. The van der Waals surface area contributed by atoms with Crippen LogP contribution in [0.15, 0.2) is 12.3 Å². The van der Waals surface area contributed by atoms with Gasteiger partial charge in [-0.3, -0.25) is 0 Å². The van der Waals surface area contributed by atoms with Gasteiger partial charge in [-0.2, -0.15) is 0 Å². The first kappa shape index (κ1) is 6.09. The number of fused-ring (bicyclic) bond motifs is 1. The molecule has 0 radical (unpaired) electrons. The quantitative estimate of drug-likeness (QED) is 0.551. The molecule has 0 aliphatic carbocycles. The van der Waals surface area contributed by atoms with Crippen LogP contribution in [0.2, 0.25) is 0 Å². The average molecular weight is 150 g/mol. The van der Waals surface area contributed by atoms with E-state index in [1.54, 1.807) is 6.20 Å². The van der Waals surface area contributed by atoms with Gasteiger partial charge in [-0.25, -0.2) is 4.98 Å². The van der Waals surface area contributed by atoms with Gasteiger partial charge < -0.3 is 5.21 Å². The molecule has 0 aliphatic heterocycles. The Labute approximate surface area is 62.2 Å². The molecule has 2 heterocycles. The molecule has 5 heteroatoms. The lowest BCUT2D eigenvalue weighted by molar-refractivity contribution is 0.153. The van der Waals surface area contributed by atoms with E-state index in [1.165, 1.54) is 0 Å². The molecule has 0 aliphatic rings. The molecular weight excluding hydrogens is 144 g/mol. The van der Waals surface area contributed by atoms with Gasteiger partial charge in [0.2, 0.25) is 5.65 Å². The fourth-order valence-corrected chi connectivity index (χ4v) is 0.935. The monoisotopic (exact) mass is 150 g/mol. The Kier molecular flexibility index (Phi) is 1.06. The van der Waals surface area contributed by atoms with Gasteiger partial charge >= 0.3 is 0 Å². The number of hydrogen-bond donors (Lipinski definition) is 1. The molecule has 0 fully saturated rings. The van der Waals surface area contributed by atoms with Gasteiger partial charge in [0.15, 0.2) is 0 Å². The minimum absolute atomic E-state index is 0.394. The van der Waals surface area contributed by atoms with Gasteiger partial charge in [0.05, 0.1) is 0 Å². The lowest BCUT2D eigenvalue weighted by Crippen LogP contribution is -1.93. The largest absolute Gasteiger partial charge is 0.409 e. The second kappa shape index (κ2) is 1.91. The minimum atomic E-state index is 0.394. The fraction of sp³-hybridized carbons (Fsp3) is 0.167. The first-order valence-electron chi connectivity index (χ1n) is 3.15. The van der Waals surface area contributed by atoms with E-state index in [0.717, 1.165) is 5.56 Å². The highest BCUT2D eigenvalue weighted by Crippen LogP contribution is 2.09. The van der Waals surface area contributed by atoms with Gasteiger partial charge in [0.25, 0.3) is 0 Å². The Bertz CT molecular complexity index is 394. The highest BCUT2D eigenvalue weighted by Gasteiger charge is 2.04. The second-order valence-electron chi connectivity index (χ2n) is 2.28. The number of aromatic nitrogens is 4. The van der Waals surface area contributed by atoms with Crippen LogP contribution in [0.3, 0.4) is 0 Å². The maximum atomic E-state index is 9.02. The molecule has 0 bridgehead atoms. The van der Waals surface area contributed by atoms with Gasteiger partial charge in [-0.15, -0.1) is 5.10 Å². The van der Waals surface area contributed by atoms with E-state index in [0.29, 0.717) is 16.0 Å². The zero-order valence-electron chi connectivity index (χ0n) is 5.89. The average Bonchev–Trinajstić information content (AvgIpc) is 2.35. The summed E-state index contributed by atoms with van der Waals surface area (Å²) in [6.45, 7) is 1.89. The Morgan fingerprint density at radius 1 is 1.55 bits per heavy atom. The number of pyridine rings is 1. The molecule has 2 aromatic heterocycles. The fourth-order valence-electron chi connectivity index (χ4n) is 0.935. The molecule has 2 rings (SSSR count). The van der Waals surface area contributed by atoms with Crippen molar-refractivity contribution in [2.45, 2.75) is 6.92 Å². The van der Waals surface area contributed by atoms with Crippen molar-refractivity contribution in [3.63, 3.8) is 0 Å². The SMILES string of the molecule is Cc1ccnc2c1nnn2O. The molecule has 56 valence electrons. The van der Waals surface area contributed by atoms with Crippen molar-refractivity contribution in [1.82, 2.24) is 20.1 Å². The Balaban J connectivity index is 2.94. The molecule has 0 atom stereocenters. The van der Waals surface area contributed by atoms with Crippen LogP contribution in [0.5, 0.6) is 0 Å². The molecule has 2 aromatic rings. The molecule has 0 saturated carbocycles. The van der Waals surface area contributed by atoms with Crippen LogP contribution in [0.1, 0.15) is 5.56 Å². The number of rotatable bonds is 0. The van der Waals surface area contributed by atoms with E-state index >= 15 is 0 Å². The Morgan fingerprint density at radius 3 is 3.09 bits per heavy atom. The second-order valence-corrected chi connectivity index (χ2v) is 2.28. The van der Waals surface area contributed by atoms with Gasteiger partial charge in [-0.1, -0.05) is 4.85 Å². The third kappa shape index (κ3) is 0.739. The summed E-state index contributed by atoms with van der Waals surface area (Å²) in [6.07, 6.45) is 1.60. The first-order valence-corrected chi connectivity index (χ1v) is 3.15. The third-order valence-corrected chi connectivity index (χ3v) is 1.53. The topological polar surface area (TPSA) is 63.8 Å². The van der Waals surface area contributed by atoms with Crippen LogP contribution in [0, 0.1) is 6.92 Å². The zero-order chi connectivity index (χ0) is 7.84. The summed E-state index contributed by atoms with van der Waals surface area (Å²) in [5, 5.41) is 16.2. The number of hydrogen-bond acceptors (Lipinski definition) is 4. The van der Waals surface area contributed by atoms with Gasteiger partial charge in [0.1, 0.15) is 5.52 Å². The summed E-state index contributed by atoms with van der Waals surface area (Å²) in [4.78, 5) is 4.56. The van der Waals surface area contributed by atoms with Crippen molar-refractivity contribution in [2.75, 3.05) is 0 Å². The third-order valence-electron chi connectivity index (χ3n) is 1.53. The molecule has 0 aromatic carbocycles. The molecule has 11 heavy (non-hydrogen) atoms.